The summed E-state index contributed by atoms with van der Waals surface area (Å²) in [7, 11) is 0. The van der Waals surface area contributed by atoms with E-state index in [1.165, 1.54) is 0 Å². The minimum absolute atomic E-state index is 0.174. The molecule has 0 aliphatic heterocycles. The maximum atomic E-state index is 13.1. The highest BCUT2D eigenvalue weighted by molar-refractivity contribution is 6.31. The van der Waals surface area contributed by atoms with Crippen LogP contribution in [0, 0.1) is 23.0 Å². The van der Waals surface area contributed by atoms with Crippen molar-refractivity contribution in [2.45, 2.75) is 26.3 Å². The van der Waals surface area contributed by atoms with Crippen LogP contribution in [0.4, 0.5) is 8.78 Å². The van der Waals surface area contributed by atoms with Crippen molar-refractivity contribution in [3.63, 3.8) is 0 Å². The van der Waals surface area contributed by atoms with E-state index in [-0.39, 0.29) is 22.4 Å². The Hall–Kier alpha value is -0.670. The number of rotatable bonds is 2. The molecule has 1 aliphatic rings. The van der Waals surface area contributed by atoms with Crippen molar-refractivity contribution in [3.8, 4) is 0 Å². The highest BCUT2D eigenvalue weighted by atomic mass is 35.5. The SMILES string of the molecule is CC1(C)CC1C(N)c1cc(F)c(F)cc1Cl. The summed E-state index contributed by atoms with van der Waals surface area (Å²) in [5.74, 6) is -1.54. The van der Waals surface area contributed by atoms with Crippen molar-refractivity contribution < 1.29 is 8.78 Å². The standard InChI is InChI=1S/C12H14ClF2N/c1-12(2)5-7(12)11(16)6-3-9(14)10(15)4-8(6)13/h3-4,7,11H,5,16H2,1-2H3. The molecule has 2 unspecified atom stereocenters. The predicted octanol–water partition coefficient (Wildman–Crippen LogP) is 3.66. The molecule has 0 aromatic heterocycles. The molecule has 88 valence electrons. The van der Waals surface area contributed by atoms with E-state index in [0.29, 0.717) is 5.56 Å². The zero-order valence-electron chi connectivity index (χ0n) is 9.23. The van der Waals surface area contributed by atoms with Crippen LogP contribution in [-0.2, 0) is 0 Å². The Morgan fingerprint density at radius 3 is 2.38 bits per heavy atom. The van der Waals surface area contributed by atoms with Gasteiger partial charge in [-0.15, -0.1) is 0 Å². The molecule has 1 aromatic rings. The van der Waals surface area contributed by atoms with Gasteiger partial charge in [0.2, 0.25) is 0 Å². The van der Waals surface area contributed by atoms with E-state index in [4.69, 9.17) is 17.3 Å². The Balaban J connectivity index is 2.31. The van der Waals surface area contributed by atoms with Crippen molar-refractivity contribution in [2.75, 3.05) is 0 Å². The molecule has 1 saturated carbocycles. The molecule has 4 heteroatoms. The number of nitrogens with two attached hydrogens (primary N) is 1. The van der Waals surface area contributed by atoms with E-state index in [1.807, 2.05) is 0 Å². The van der Waals surface area contributed by atoms with Gasteiger partial charge >= 0.3 is 0 Å². The van der Waals surface area contributed by atoms with E-state index in [1.54, 1.807) is 0 Å². The lowest BCUT2D eigenvalue weighted by atomic mass is 9.97. The Labute approximate surface area is 98.6 Å². The van der Waals surface area contributed by atoms with Crippen LogP contribution in [0.15, 0.2) is 12.1 Å². The summed E-state index contributed by atoms with van der Waals surface area (Å²) in [6, 6.07) is 1.77. The molecule has 1 aromatic carbocycles. The number of hydrogen-bond acceptors (Lipinski definition) is 1. The van der Waals surface area contributed by atoms with E-state index in [9.17, 15) is 8.78 Å². The van der Waals surface area contributed by atoms with Crippen LogP contribution in [-0.4, -0.2) is 0 Å². The second-order valence-electron chi connectivity index (χ2n) is 5.11. The van der Waals surface area contributed by atoms with Crippen LogP contribution in [0.2, 0.25) is 5.02 Å². The van der Waals surface area contributed by atoms with Gasteiger partial charge in [0, 0.05) is 11.1 Å². The van der Waals surface area contributed by atoms with E-state index < -0.39 is 11.6 Å². The van der Waals surface area contributed by atoms with Crippen LogP contribution < -0.4 is 5.73 Å². The number of benzene rings is 1. The van der Waals surface area contributed by atoms with Gasteiger partial charge in [0.25, 0.3) is 0 Å². The summed E-state index contributed by atoms with van der Waals surface area (Å²) in [5.41, 5.74) is 6.69. The molecule has 16 heavy (non-hydrogen) atoms. The van der Waals surface area contributed by atoms with Gasteiger partial charge in [-0.05, 0) is 35.4 Å². The predicted molar refractivity (Wildman–Crippen MR) is 60.2 cm³/mol. The molecule has 2 rings (SSSR count). The highest BCUT2D eigenvalue weighted by Gasteiger charge is 2.49. The molecule has 1 aliphatic carbocycles. The normalized spacial score (nSPS) is 24.2. The lowest BCUT2D eigenvalue weighted by Gasteiger charge is -2.15. The monoisotopic (exact) mass is 245 g/mol. The lowest BCUT2D eigenvalue weighted by Crippen LogP contribution is -2.16. The molecular weight excluding hydrogens is 232 g/mol. The summed E-state index contributed by atoms with van der Waals surface area (Å²) in [6.07, 6.45) is 0.990. The lowest BCUT2D eigenvalue weighted by molar-refractivity contribution is 0.479. The van der Waals surface area contributed by atoms with Crippen LogP contribution in [0.3, 0.4) is 0 Å². The first kappa shape index (κ1) is 11.8. The van der Waals surface area contributed by atoms with E-state index >= 15 is 0 Å². The molecule has 0 amide bonds. The van der Waals surface area contributed by atoms with Crippen molar-refractivity contribution in [3.05, 3.63) is 34.4 Å². The molecular formula is C12H14ClF2N. The van der Waals surface area contributed by atoms with Gasteiger partial charge in [0.05, 0.1) is 0 Å². The van der Waals surface area contributed by atoms with Crippen LogP contribution in [0.25, 0.3) is 0 Å². The topological polar surface area (TPSA) is 26.0 Å². The molecule has 1 nitrogen and oxygen atoms in total. The second-order valence-corrected chi connectivity index (χ2v) is 5.52. The highest BCUT2D eigenvalue weighted by Crippen LogP contribution is 2.57. The molecule has 0 heterocycles. The van der Waals surface area contributed by atoms with Gasteiger partial charge in [-0.2, -0.15) is 0 Å². The van der Waals surface area contributed by atoms with Crippen LogP contribution >= 0.6 is 11.6 Å². The van der Waals surface area contributed by atoms with Gasteiger partial charge in [0.1, 0.15) is 0 Å². The van der Waals surface area contributed by atoms with Gasteiger partial charge in [-0.1, -0.05) is 25.4 Å². The van der Waals surface area contributed by atoms with Crippen molar-refractivity contribution in [1.29, 1.82) is 0 Å². The molecule has 2 N–H and O–H groups in total. The summed E-state index contributed by atoms with van der Waals surface area (Å²) >= 11 is 5.87. The molecule has 0 bridgehead atoms. The average Bonchev–Trinajstić information content (AvgIpc) is 2.80. The van der Waals surface area contributed by atoms with Gasteiger partial charge in [-0.25, -0.2) is 8.78 Å². The first-order chi connectivity index (χ1) is 7.33. The minimum Gasteiger partial charge on any atom is -0.324 e. The number of halogens is 3. The Morgan fingerprint density at radius 1 is 1.38 bits per heavy atom. The zero-order chi connectivity index (χ0) is 12.1. The van der Waals surface area contributed by atoms with Crippen molar-refractivity contribution in [2.24, 2.45) is 17.1 Å². The Morgan fingerprint density at radius 2 is 1.88 bits per heavy atom. The third-order valence-electron chi connectivity index (χ3n) is 3.42. The largest absolute Gasteiger partial charge is 0.324 e. The fourth-order valence-electron chi connectivity index (χ4n) is 2.13. The summed E-state index contributed by atoms with van der Waals surface area (Å²) in [6.45, 7) is 4.20. The van der Waals surface area contributed by atoms with Gasteiger partial charge in [0.15, 0.2) is 11.6 Å². The molecule has 2 atom stereocenters. The smallest absolute Gasteiger partial charge is 0.160 e. The third kappa shape index (κ3) is 1.94. The maximum Gasteiger partial charge on any atom is 0.160 e. The third-order valence-corrected chi connectivity index (χ3v) is 3.75. The fourth-order valence-corrected chi connectivity index (χ4v) is 2.41. The molecule has 0 radical (unpaired) electrons. The Kier molecular flexibility index (Phi) is 2.71. The number of hydrogen-bond donors (Lipinski definition) is 1. The zero-order valence-corrected chi connectivity index (χ0v) is 9.98. The summed E-state index contributed by atoms with van der Waals surface area (Å²) < 4.78 is 26.0. The van der Waals surface area contributed by atoms with E-state index in [2.05, 4.69) is 13.8 Å². The first-order valence-corrected chi connectivity index (χ1v) is 5.61. The quantitative estimate of drug-likeness (QED) is 0.791. The van der Waals surface area contributed by atoms with Crippen molar-refractivity contribution in [1.82, 2.24) is 0 Å². The summed E-state index contributed by atoms with van der Waals surface area (Å²) in [4.78, 5) is 0. The van der Waals surface area contributed by atoms with Crippen LogP contribution in [0.5, 0.6) is 0 Å². The van der Waals surface area contributed by atoms with Crippen LogP contribution in [0.1, 0.15) is 31.9 Å². The van der Waals surface area contributed by atoms with Crippen molar-refractivity contribution >= 4 is 11.6 Å². The minimum atomic E-state index is -0.934. The molecule has 1 fully saturated rings. The molecule has 0 saturated heterocycles. The average molecular weight is 246 g/mol. The summed E-state index contributed by atoms with van der Waals surface area (Å²) in [5, 5.41) is 0.203. The van der Waals surface area contributed by atoms with Gasteiger partial charge < -0.3 is 5.73 Å². The maximum absolute atomic E-state index is 13.1. The Bertz CT molecular complexity index is 431. The first-order valence-electron chi connectivity index (χ1n) is 5.23. The fraction of sp³-hybridized carbons (Fsp3) is 0.500. The van der Waals surface area contributed by atoms with Gasteiger partial charge in [-0.3, -0.25) is 0 Å². The second kappa shape index (κ2) is 3.67. The molecule has 0 spiro atoms. The van der Waals surface area contributed by atoms with E-state index in [0.717, 1.165) is 18.6 Å².